The first-order valence-corrected chi connectivity index (χ1v) is 17.5. The summed E-state index contributed by atoms with van der Waals surface area (Å²) < 4.78 is 0. The summed E-state index contributed by atoms with van der Waals surface area (Å²) in [7, 11) is 0. The number of hydrogen-bond acceptors (Lipinski definition) is 3. The van der Waals surface area contributed by atoms with E-state index in [-0.39, 0.29) is 12.3 Å². The molecule has 2 amide bonds. The van der Waals surface area contributed by atoms with Gasteiger partial charge in [0.2, 0.25) is 0 Å². The number of phenolic OH excluding ortho intramolecular Hbond substituents is 1. The van der Waals surface area contributed by atoms with Gasteiger partial charge < -0.3 is 15.7 Å². The molecule has 5 nitrogen and oxygen atoms in total. The summed E-state index contributed by atoms with van der Waals surface area (Å²) in [4.78, 5) is 23.8. The van der Waals surface area contributed by atoms with Gasteiger partial charge in [-0.2, -0.15) is 0 Å². The third kappa shape index (κ3) is 24.3. The molecule has 1 rings (SSSR count). The van der Waals surface area contributed by atoms with Gasteiger partial charge >= 0.3 is 11.8 Å². The summed E-state index contributed by atoms with van der Waals surface area (Å²) >= 11 is 0. The maximum Gasteiger partial charge on any atom is 0.309 e. The van der Waals surface area contributed by atoms with Crippen LogP contribution in [0.25, 0.3) is 0 Å². The van der Waals surface area contributed by atoms with Crippen molar-refractivity contribution in [1.82, 2.24) is 10.6 Å². The minimum Gasteiger partial charge on any atom is -0.508 e. The van der Waals surface area contributed by atoms with E-state index >= 15 is 0 Å². The molecule has 0 bridgehead atoms. The molecule has 0 saturated heterocycles. The monoisotopic (exact) mass is 572 g/mol. The summed E-state index contributed by atoms with van der Waals surface area (Å²) in [5.41, 5.74) is 0.837. The van der Waals surface area contributed by atoms with E-state index in [1.165, 1.54) is 148 Å². The molecular formula is C36H64N2O3. The molecule has 0 spiro atoms. The fraction of sp³-hybridized carbons (Fsp3) is 0.778. The number of carbonyl (C=O) groups excluding carboxylic acids is 2. The number of unbranched alkanes of at least 4 members (excludes halogenated alkanes) is 24. The summed E-state index contributed by atoms with van der Waals surface area (Å²) in [5, 5.41) is 14.6. The van der Waals surface area contributed by atoms with Crippen LogP contribution < -0.4 is 10.6 Å². The lowest BCUT2D eigenvalue weighted by Crippen LogP contribution is -2.39. The Bertz CT molecular complexity index is 735. The molecular weight excluding hydrogens is 508 g/mol. The lowest BCUT2D eigenvalue weighted by molar-refractivity contribution is -0.139. The first kappa shape index (κ1) is 37.0. The van der Waals surface area contributed by atoms with Gasteiger partial charge in [0.15, 0.2) is 0 Å². The van der Waals surface area contributed by atoms with Gasteiger partial charge in [0.05, 0.1) is 0 Å². The predicted octanol–water partition coefficient (Wildman–Crippen LogP) is 9.90. The maximum atomic E-state index is 11.9. The van der Waals surface area contributed by atoms with Crippen LogP contribution in [0.1, 0.15) is 173 Å². The third-order valence-corrected chi connectivity index (χ3v) is 8.16. The van der Waals surface area contributed by atoms with Gasteiger partial charge in [-0.15, -0.1) is 0 Å². The fourth-order valence-corrected chi connectivity index (χ4v) is 5.42. The molecule has 0 unspecified atom stereocenters. The van der Waals surface area contributed by atoms with Gasteiger partial charge in [0, 0.05) is 13.1 Å². The number of amides is 2. The second kappa shape index (κ2) is 28.1. The highest BCUT2D eigenvalue weighted by molar-refractivity contribution is 6.35. The van der Waals surface area contributed by atoms with Gasteiger partial charge in [0.25, 0.3) is 0 Å². The Hall–Kier alpha value is -2.04. The fourth-order valence-electron chi connectivity index (χ4n) is 5.42. The van der Waals surface area contributed by atoms with Crippen molar-refractivity contribution >= 4 is 11.8 Å². The normalized spacial score (nSPS) is 11.0. The van der Waals surface area contributed by atoms with Gasteiger partial charge in [0.1, 0.15) is 5.75 Å². The van der Waals surface area contributed by atoms with Crippen molar-refractivity contribution in [2.45, 2.75) is 174 Å². The molecule has 3 N–H and O–H groups in total. The van der Waals surface area contributed by atoms with Gasteiger partial charge in [-0.3, -0.25) is 9.59 Å². The molecule has 0 aliphatic rings. The first-order valence-electron chi connectivity index (χ1n) is 17.5. The zero-order chi connectivity index (χ0) is 29.6. The summed E-state index contributed by atoms with van der Waals surface area (Å²) in [5.74, 6) is -1.01. The minimum atomic E-state index is -0.613. The van der Waals surface area contributed by atoms with E-state index < -0.39 is 11.8 Å². The van der Waals surface area contributed by atoms with E-state index in [9.17, 15) is 14.7 Å². The van der Waals surface area contributed by atoms with E-state index in [2.05, 4.69) is 17.6 Å². The minimum absolute atomic E-state index is 0.179. The maximum absolute atomic E-state index is 11.9. The Kier molecular flexibility index (Phi) is 25.3. The van der Waals surface area contributed by atoms with Crippen molar-refractivity contribution in [3.05, 3.63) is 29.8 Å². The van der Waals surface area contributed by atoms with Crippen LogP contribution in [0.15, 0.2) is 24.3 Å². The second-order valence-electron chi connectivity index (χ2n) is 12.1. The molecule has 41 heavy (non-hydrogen) atoms. The Morgan fingerprint density at radius 2 is 0.805 bits per heavy atom. The molecule has 0 fully saturated rings. The topological polar surface area (TPSA) is 78.4 Å². The smallest absolute Gasteiger partial charge is 0.309 e. The Balaban J connectivity index is 1.73. The number of nitrogens with one attached hydrogen (secondary N) is 2. The number of rotatable bonds is 28. The number of hydrogen-bond donors (Lipinski definition) is 3. The van der Waals surface area contributed by atoms with Gasteiger partial charge in [-0.25, -0.2) is 0 Å². The Labute approximate surface area is 253 Å². The standard InChI is InChI=1S/C36H64N2O3/c1-2-3-4-5-6-7-8-9-10-11-12-13-14-15-16-17-18-19-20-21-22-23-24-25-26-31-37-35(40)36(41)38-32-33-27-29-34(39)30-28-33/h27-30,39H,2-26,31-32H2,1H3,(H,37,40)(H,38,41). The summed E-state index contributed by atoms with van der Waals surface area (Å²) in [6, 6.07) is 6.55. The van der Waals surface area contributed by atoms with Crippen LogP contribution in [0.3, 0.4) is 0 Å². The molecule has 0 aromatic heterocycles. The quantitative estimate of drug-likeness (QED) is 0.0690. The highest BCUT2D eigenvalue weighted by Gasteiger charge is 2.12. The predicted molar refractivity (Wildman–Crippen MR) is 174 cm³/mol. The summed E-state index contributed by atoms with van der Waals surface area (Å²) in [6.45, 7) is 3.11. The molecule has 0 heterocycles. The van der Waals surface area contributed by atoms with E-state index in [0.29, 0.717) is 6.54 Å². The molecule has 5 heteroatoms. The van der Waals surface area contributed by atoms with Crippen molar-refractivity contribution in [2.75, 3.05) is 6.54 Å². The van der Waals surface area contributed by atoms with Gasteiger partial charge in [-0.1, -0.05) is 173 Å². The molecule has 0 saturated carbocycles. The van der Waals surface area contributed by atoms with E-state index in [1.807, 2.05) is 0 Å². The van der Waals surface area contributed by atoms with Crippen LogP contribution >= 0.6 is 0 Å². The molecule has 236 valence electrons. The average molecular weight is 573 g/mol. The Morgan fingerprint density at radius 3 is 1.17 bits per heavy atom. The van der Waals surface area contributed by atoms with Crippen molar-refractivity contribution in [2.24, 2.45) is 0 Å². The third-order valence-electron chi connectivity index (χ3n) is 8.16. The van der Waals surface area contributed by atoms with Crippen LogP contribution in [0, 0.1) is 0 Å². The average Bonchev–Trinajstić information content (AvgIpc) is 2.98. The largest absolute Gasteiger partial charge is 0.508 e. The van der Waals surface area contributed by atoms with Crippen molar-refractivity contribution < 1.29 is 14.7 Å². The SMILES string of the molecule is CCCCCCCCCCCCCCCCCCCCCCCCCCCNC(=O)C(=O)NCc1ccc(O)cc1. The zero-order valence-corrected chi connectivity index (χ0v) is 26.7. The van der Waals surface area contributed by atoms with E-state index in [0.717, 1.165) is 18.4 Å². The van der Waals surface area contributed by atoms with Crippen LogP contribution in [0.5, 0.6) is 5.75 Å². The van der Waals surface area contributed by atoms with Crippen LogP contribution in [-0.2, 0) is 16.1 Å². The molecule has 0 aliphatic heterocycles. The Morgan fingerprint density at radius 1 is 0.488 bits per heavy atom. The molecule has 0 atom stereocenters. The first-order chi connectivity index (χ1) is 20.1. The highest BCUT2D eigenvalue weighted by Crippen LogP contribution is 2.16. The zero-order valence-electron chi connectivity index (χ0n) is 26.7. The van der Waals surface area contributed by atoms with Gasteiger partial charge in [-0.05, 0) is 24.1 Å². The van der Waals surface area contributed by atoms with Crippen molar-refractivity contribution in [3.8, 4) is 5.75 Å². The van der Waals surface area contributed by atoms with E-state index in [1.54, 1.807) is 24.3 Å². The highest BCUT2D eigenvalue weighted by atomic mass is 16.3. The second-order valence-corrected chi connectivity index (χ2v) is 12.1. The number of benzene rings is 1. The van der Waals surface area contributed by atoms with Crippen LogP contribution in [0.4, 0.5) is 0 Å². The molecule has 0 radical (unpaired) electrons. The van der Waals surface area contributed by atoms with E-state index in [4.69, 9.17) is 0 Å². The van der Waals surface area contributed by atoms with Crippen molar-refractivity contribution in [3.63, 3.8) is 0 Å². The van der Waals surface area contributed by atoms with Crippen LogP contribution in [0.2, 0.25) is 0 Å². The molecule has 1 aromatic rings. The molecule has 0 aliphatic carbocycles. The number of aromatic hydroxyl groups is 1. The molecule has 1 aromatic carbocycles. The van der Waals surface area contributed by atoms with Crippen molar-refractivity contribution in [1.29, 1.82) is 0 Å². The summed E-state index contributed by atoms with van der Waals surface area (Å²) in [6.07, 6.45) is 34.3. The van der Waals surface area contributed by atoms with Crippen LogP contribution in [-0.4, -0.2) is 23.5 Å². The lowest BCUT2D eigenvalue weighted by atomic mass is 10.0. The lowest BCUT2D eigenvalue weighted by Gasteiger charge is -2.07. The number of carbonyl (C=O) groups is 2. The number of phenols is 1.